The van der Waals surface area contributed by atoms with Crippen LogP contribution in [-0.2, 0) is 11.2 Å². The number of amides is 1. The SMILES string of the molecule is CCc1cc(NC2CCN(C(C)=O)C2)ncn1. The third-order valence-corrected chi connectivity index (χ3v) is 3.07. The Balaban J connectivity index is 1.95. The second-order valence-electron chi connectivity index (χ2n) is 4.34. The van der Waals surface area contributed by atoms with E-state index in [-0.39, 0.29) is 5.91 Å². The van der Waals surface area contributed by atoms with Crippen molar-refractivity contribution in [2.75, 3.05) is 18.4 Å². The molecule has 1 aromatic rings. The molecule has 17 heavy (non-hydrogen) atoms. The number of hydrogen-bond acceptors (Lipinski definition) is 4. The summed E-state index contributed by atoms with van der Waals surface area (Å²) in [5, 5.41) is 3.36. The Labute approximate surface area is 101 Å². The molecule has 0 bridgehead atoms. The van der Waals surface area contributed by atoms with Crippen molar-refractivity contribution in [1.29, 1.82) is 0 Å². The van der Waals surface area contributed by atoms with Crippen LogP contribution < -0.4 is 5.32 Å². The van der Waals surface area contributed by atoms with E-state index in [0.717, 1.165) is 37.4 Å². The highest BCUT2D eigenvalue weighted by molar-refractivity contribution is 5.73. The summed E-state index contributed by atoms with van der Waals surface area (Å²) in [6, 6.07) is 2.27. The summed E-state index contributed by atoms with van der Waals surface area (Å²) in [5.74, 6) is 0.999. The largest absolute Gasteiger partial charge is 0.365 e. The first-order valence-corrected chi connectivity index (χ1v) is 6.02. The van der Waals surface area contributed by atoms with E-state index in [9.17, 15) is 4.79 Å². The summed E-state index contributed by atoms with van der Waals surface area (Å²) in [6.45, 7) is 5.28. The van der Waals surface area contributed by atoms with Crippen LogP contribution in [0.4, 0.5) is 5.82 Å². The van der Waals surface area contributed by atoms with E-state index in [1.807, 2.05) is 11.0 Å². The van der Waals surface area contributed by atoms with Crippen molar-refractivity contribution >= 4 is 11.7 Å². The molecule has 0 aromatic carbocycles. The maximum atomic E-state index is 11.2. The Morgan fingerprint density at radius 1 is 1.59 bits per heavy atom. The minimum Gasteiger partial charge on any atom is -0.365 e. The molecule has 5 nitrogen and oxygen atoms in total. The zero-order chi connectivity index (χ0) is 12.3. The fourth-order valence-electron chi connectivity index (χ4n) is 2.04. The van der Waals surface area contributed by atoms with Crippen LogP contribution in [0.1, 0.15) is 26.0 Å². The molecule has 1 fully saturated rings. The van der Waals surface area contributed by atoms with Crippen molar-refractivity contribution in [3.05, 3.63) is 18.1 Å². The molecule has 1 N–H and O–H groups in total. The van der Waals surface area contributed by atoms with Crippen molar-refractivity contribution in [1.82, 2.24) is 14.9 Å². The van der Waals surface area contributed by atoms with Gasteiger partial charge in [-0.15, -0.1) is 0 Å². The minimum absolute atomic E-state index is 0.145. The molecule has 92 valence electrons. The van der Waals surface area contributed by atoms with Crippen molar-refractivity contribution < 1.29 is 4.79 Å². The Bertz CT molecular complexity index is 407. The molecular formula is C12H18N4O. The van der Waals surface area contributed by atoms with Gasteiger partial charge < -0.3 is 10.2 Å². The molecule has 0 aliphatic carbocycles. The standard InChI is InChI=1S/C12H18N4O/c1-3-10-6-12(14-8-13-10)15-11-4-5-16(7-11)9(2)17/h6,8,11H,3-5,7H2,1-2H3,(H,13,14,15). The van der Waals surface area contributed by atoms with Gasteiger partial charge in [0.05, 0.1) is 0 Å². The van der Waals surface area contributed by atoms with E-state index in [4.69, 9.17) is 0 Å². The number of carbonyl (C=O) groups excluding carboxylic acids is 1. The Hall–Kier alpha value is -1.65. The Morgan fingerprint density at radius 3 is 3.06 bits per heavy atom. The summed E-state index contributed by atoms with van der Waals surface area (Å²) in [6.07, 6.45) is 3.46. The van der Waals surface area contributed by atoms with Crippen LogP contribution in [0.25, 0.3) is 0 Å². The predicted molar refractivity (Wildman–Crippen MR) is 65.7 cm³/mol. The summed E-state index contributed by atoms with van der Waals surface area (Å²) in [5.41, 5.74) is 1.03. The van der Waals surface area contributed by atoms with Gasteiger partial charge in [0, 0.05) is 37.8 Å². The number of rotatable bonds is 3. The summed E-state index contributed by atoms with van der Waals surface area (Å²) in [7, 11) is 0. The molecular weight excluding hydrogens is 216 g/mol. The highest BCUT2D eigenvalue weighted by atomic mass is 16.2. The first-order chi connectivity index (χ1) is 8.19. The van der Waals surface area contributed by atoms with Crippen LogP contribution in [0.5, 0.6) is 0 Å². The number of anilines is 1. The molecule has 2 rings (SSSR count). The highest BCUT2D eigenvalue weighted by Gasteiger charge is 2.24. The molecule has 1 unspecified atom stereocenters. The number of aromatic nitrogens is 2. The molecule has 5 heteroatoms. The van der Waals surface area contributed by atoms with Gasteiger partial charge in [-0.1, -0.05) is 6.92 Å². The number of likely N-dealkylation sites (tertiary alicyclic amines) is 1. The summed E-state index contributed by atoms with van der Waals surface area (Å²) < 4.78 is 0. The second-order valence-corrected chi connectivity index (χ2v) is 4.34. The lowest BCUT2D eigenvalue weighted by Gasteiger charge is -2.15. The number of carbonyl (C=O) groups is 1. The van der Waals surface area contributed by atoms with Crippen LogP contribution >= 0.6 is 0 Å². The van der Waals surface area contributed by atoms with Crippen molar-refractivity contribution in [2.45, 2.75) is 32.7 Å². The number of hydrogen-bond donors (Lipinski definition) is 1. The topological polar surface area (TPSA) is 58.1 Å². The second kappa shape index (κ2) is 5.12. The van der Waals surface area contributed by atoms with E-state index in [1.54, 1.807) is 13.3 Å². The third kappa shape index (κ3) is 2.93. The van der Waals surface area contributed by atoms with Crippen LogP contribution in [-0.4, -0.2) is 39.9 Å². The van der Waals surface area contributed by atoms with E-state index in [1.165, 1.54) is 0 Å². The van der Waals surface area contributed by atoms with Crippen LogP contribution in [0, 0.1) is 0 Å². The van der Waals surface area contributed by atoms with Gasteiger partial charge in [0.25, 0.3) is 0 Å². The van der Waals surface area contributed by atoms with Gasteiger partial charge in [0.15, 0.2) is 0 Å². The molecule has 1 aliphatic rings. The molecule has 1 amide bonds. The Kier molecular flexibility index (Phi) is 3.56. The van der Waals surface area contributed by atoms with E-state index < -0.39 is 0 Å². The van der Waals surface area contributed by atoms with Gasteiger partial charge in [-0.25, -0.2) is 9.97 Å². The smallest absolute Gasteiger partial charge is 0.219 e. The van der Waals surface area contributed by atoms with Crippen molar-refractivity contribution in [3.63, 3.8) is 0 Å². The van der Waals surface area contributed by atoms with Gasteiger partial charge in [0.1, 0.15) is 12.1 Å². The molecule has 0 spiro atoms. The average molecular weight is 234 g/mol. The molecule has 2 heterocycles. The normalized spacial score (nSPS) is 19.4. The maximum absolute atomic E-state index is 11.2. The summed E-state index contributed by atoms with van der Waals surface area (Å²) >= 11 is 0. The van der Waals surface area contributed by atoms with E-state index in [0.29, 0.717) is 6.04 Å². The first kappa shape index (κ1) is 11.8. The van der Waals surface area contributed by atoms with Crippen LogP contribution in [0.15, 0.2) is 12.4 Å². The lowest BCUT2D eigenvalue weighted by molar-refractivity contribution is -0.127. The van der Waals surface area contributed by atoms with Gasteiger partial charge in [-0.05, 0) is 12.8 Å². The minimum atomic E-state index is 0.145. The highest BCUT2D eigenvalue weighted by Crippen LogP contribution is 2.14. The lowest BCUT2D eigenvalue weighted by Crippen LogP contribution is -2.29. The van der Waals surface area contributed by atoms with Gasteiger partial charge in [-0.3, -0.25) is 4.79 Å². The van der Waals surface area contributed by atoms with Gasteiger partial charge in [-0.2, -0.15) is 0 Å². The number of aryl methyl sites for hydroxylation is 1. The van der Waals surface area contributed by atoms with E-state index >= 15 is 0 Å². The Morgan fingerprint density at radius 2 is 2.41 bits per heavy atom. The average Bonchev–Trinajstić information content (AvgIpc) is 2.78. The first-order valence-electron chi connectivity index (χ1n) is 6.02. The van der Waals surface area contributed by atoms with Gasteiger partial charge >= 0.3 is 0 Å². The van der Waals surface area contributed by atoms with E-state index in [2.05, 4.69) is 22.2 Å². The summed E-state index contributed by atoms with van der Waals surface area (Å²) in [4.78, 5) is 21.4. The third-order valence-electron chi connectivity index (χ3n) is 3.07. The molecule has 1 saturated heterocycles. The monoisotopic (exact) mass is 234 g/mol. The molecule has 0 radical (unpaired) electrons. The molecule has 0 saturated carbocycles. The number of nitrogens with one attached hydrogen (secondary N) is 1. The van der Waals surface area contributed by atoms with Crippen molar-refractivity contribution in [2.24, 2.45) is 0 Å². The zero-order valence-electron chi connectivity index (χ0n) is 10.3. The lowest BCUT2D eigenvalue weighted by atomic mass is 10.2. The van der Waals surface area contributed by atoms with Crippen LogP contribution in [0.2, 0.25) is 0 Å². The fourth-order valence-corrected chi connectivity index (χ4v) is 2.04. The number of nitrogens with zero attached hydrogens (tertiary/aromatic N) is 3. The molecule has 1 atom stereocenters. The molecule has 1 aromatic heterocycles. The quantitative estimate of drug-likeness (QED) is 0.850. The maximum Gasteiger partial charge on any atom is 0.219 e. The van der Waals surface area contributed by atoms with Crippen LogP contribution in [0.3, 0.4) is 0 Å². The van der Waals surface area contributed by atoms with Crippen molar-refractivity contribution in [3.8, 4) is 0 Å². The molecule has 1 aliphatic heterocycles. The van der Waals surface area contributed by atoms with Gasteiger partial charge in [0.2, 0.25) is 5.91 Å². The fraction of sp³-hybridized carbons (Fsp3) is 0.583. The zero-order valence-corrected chi connectivity index (χ0v) is 10.3. The predicted octanol–water partition coefficient (Wildman–Crippen LogP) is 1.07.